The van der Waals surface area contributed by atoms with Crippen molar-refractivity contribution in [1.82, 2.24) is 9.55 Å². The number of benzene rings is 1. The van der Waals surface area contributed by atoms with Gasteiger partial charge in [-0.15, -0.1) is 0 Å². The van der Waals surface area contributed by atoms with Crippen LogP contribution in [-0.4, -0.2) is 9.55 Å². The summed E-state index contributed by atoms with van der Waals surface area (Å²) in [5.74, 6) is 0.228. The summed E-state index contributed by atoms with van der Waals surface area (Å²) < 4.78 is 2.34. The van der Waals surface area contributed by atoms with Gasteiger partial charge >= 0.3 is 5.69 Å². The van der Waals surface area contributed by atoms with Crippen LogP contribution in [0.1, 0.15) is 0 Å². The maximum atomic E-state index is 11.5. The second kappa shape index (κ2) is 3.86. The number of halogens is 1. The molecule has 1 aromatic carbocycles. The topological polar surface area (TPSA) is 60.9 Å². The van der Waals surface area contributed by atoms with Gasteiger partial charge in [-0.3, -0.25) is 4.57 Å². The van der Waals surface area contributed by atoms with E-state index < -0.39 is 0 Å². The predicted molar refractivity (Wildman–Crippen MR) is 61.9 cm³/mol. The molecule has 5 heteroatoms. The Morgan fingerprint density at radius 1 is 1.33 bits per heavy atom. The van der Waals surface area contributed by atoms with Gasteiger partial charge in [0.1, 0.15) is 5.82 Å². The molecule has 0 aliphatic rings. The molecule has 0 unspecified atom stereocenters. The van der Waals surface area contributed by atoms with E-state index in [2.05, 4.69) is 20.9 Å². The Morgan fingerprint density at radius 3 is 2.80 bits per heavy atom. The lowest BCUT2D eigenvalue weighted by Gasteiger charge is -2.04. The van der Waals surface area contributed by atoms with E-state index in [0.29, 0.717) is 0 Å². The van der Waals surface area contributed by atoms with Crippen LogP contribution < -0.4 is 11.4 Å². The molecular formula is C10H8BrN3O. The van der Waals surface area contributed by atoms with Gasteiger partial charge in [-0.05, 0) is 24.3 Å². The van der Waals surface area contributed by atoms with E-state index in [9.17, 15) is 4.79 Å². The first-order valence-corrected chi connectivity index (χ1v) is 5.07. The highest BCUT2D eigenvalue weighted by Crippen LogP contribution is 2.13. The normalized spacial score (nSPS) is 10.2. The molecule has 0 atom stereocenters. The first-order chi connectivity index (χ1) is 7.16. The zero-order valence-electron chi connectivity index (χ0n) is 7.72. The van der Waals surface area contributed by atoms with Gasteiger partial charge in [-0.25, -0.2) is 4.79 Å². The summed E-state index contributed by atoms with van der Waals surface area (Å²) in [5.41, 5.74) is 5.77. The van der Waals surface area contributed by atoms with Gasteiger partial charge in [0.2, 0.25) is 0 Å². The molecule has 0 radical (unpaired) electrons. The minimum absolute atomic E-state index is 0.228. The SMILES string of the molecule is Nc1ccn(-c2cccc(Br)c2)c(=O)n1. The van der Waals surface area contributed by atoms with Crippen LogP contribution in [0.15, 0.2) is 45.8 Å². The van der Waals surface area contributed by atoms with E-state index in [1.807, 2.05) is 24.3 Å². The summed E-state index contributed by atoms with van der Waals surface area (Å²) in [6.45, 7) is 0. The number of hydrogen-bond donors (Lipinski definition) is 1. The Morgan fingerprint density at radius 2 is 2.13 bits per heavy atom. The molecule has 2 rings (SSSR count). The van der Waals surface area contributed by atoms with Crippen molar-refractivity contribution in [3.8, 4) is 5.69 Å². The Labute approximate surface area is 94.5 Å². The highest BCUT2D eigenvalue weighted by atomic mass is 79.9. The number of rotatable bonds is 1. The third-order valence-corrected chi connectivity index (χ3v) is 2.40. The molecule has 1 aromatic heterocycles. The molecule has 0 spiro atoms. The van der Waals surface area contributed by atoms with Crippen LogP contribution in [0, 0.1) is 0 Å². The van der Waals surface area contributed by atoms with Crippen molar-refractivity contribution in [1.29, 1.82) is 0 Å². The molecule has 0 saturated heterocycles. The number of nitrogens with two attached hydrogens (primary N) is 1. The molecule has 15 heavy (non-hydrogen) atoms. The lowest BCUT2D eigenvalue weighted by Crippen LogP contribution is -2.21. The van der Waals surface area contributed by atoms with E-state index in [1.54, 1.807) is 12.3 Å². The largest absolute Gasteiger partial charge is 0.383 e. The van der Waals surface area contributed by atoms with Crippen molar-refractivity contribution < 1.29 is 0 Å². The molecule has 0 aliphatic carbocycles. The van der Waals surface area contributed by atoms with Crippen molar-refractivity contribution in [3.05, 3.63) is 51.5 Å². The molecule has 2 N–H and O–H groups in total. The van der Waals surface area contributed by atoms with Gasteiger partial charge in [-0.2, -0.15) is 4.98 Å². The zero-order chi connectivity index (χ0) is 10.8. The first-order valence-electron chi connectivity index (χ1n) is 4.28. The van der Waals surface area contributed by atoms with Crippen LogP contribution in [0.2, 0.25) is 0 Å². The molecule has 0 saturated carbocycles. The molecule has 2 aromatic rings. The molecule has 0 bridgehead atoms. The first kappa shape index (κ1) is 9.92. The highest BCUT2D eigenvalue weighted by molar-refractivity contribution is 9.10. The highest BCUT2D eigenvalue weighted by Gasteiger charge is 2.00. The summed E-state index contributed by atoms with van der Waals surface area (Å²) >= 11 is 3.34. The number of nitrogens with zero attached hydrogens (tertiary/aromatic N) is 2. The van der Waals surface area contributed by atoms with Gasteiger partial charge in [0.15, 0.2) is 0 Å². The van der Waals surface area contributed by atoms with Gasteiger partial charge in [0, 0.05) is 10.7 Å². The van der Waals surface area contributed by atoms with Gasteiger partial charge < -0.3 is 5.73 Å². The average molecular weight is 266 g/mol. The summed E-state index contributed by atoms with van der Waals surface area (Å²) in [5, 5.41) is 0. The summed E-state index contributed by atoms with van der Waals surface area (Å²) in [6.07, 6.45) is 1.60. The van der Waals surface area contributed by atoms with Crippen LogP contribution in [0.25, 0.3) is 5.69 Å². The fraction of sp³-hybridized carbons (Fsp3) is 0. The fourth-order valence-electron chi connectivity index (χ4n) is 1.24. The Hall–Kier alpha value is -1.62. The number of nitrogen functional groups attached to an aromatic ring is 1. The Bertz CT molecular complexity index is 550. The maximum Gasteiger partial charge on any atom is 0.354 e. The molecule has 1 heterocycles. The Balaban J connectivity index is 2.59. The lowest BCUT2D eigenvalue weighted by atomic mass is 10.3. The van der Waals surface area contributed by atoms with Crippen LogP contribution in [-0.2, 0) is 0 Å². The van der Waals surface area contributed by atoms with Crippen LogP contribution >= 0.6 is 15.9 Å². The number of hydrogen-bond acceptors (Lipinski definition) is 3. The second-order valence-electron chi connectivity index (χ2n) is 2.98. The molecule has 4 nitrogen and oxygen atoms in total. The lowest BCUT2D eigenvalue weighted by molar-refractivity contribution is 0.919. The summed E-state index contributed by atoms with van der Waals surface area (Å²) in [4.78, 5) is 15.2. The number of aromatic nitrogens is 2. The van der Waals surface area contributed by atoms with Crippen LogP contribution in [0.3, 0.4) is 0 Å². The van der Waals surface area contributed by atoms with E-state index in [1.165, 1.54) is 4.57 Å². The number of anilines is 1. The molecule has 0 fully saturated rings. The minimum atomic E-state index is -0.381. The van der Waals surface area contributed by atoms with Crippen molar-refractivity contribution in [2.24, 2.45) is 0 Å². The molecule has 76 valence electrons. The molecule has 0 aliphatic heterocycles. The van der Waals surface area contributed by atoms with E-state index in [4.69, 9.17) is 5.73 Å². The van der Waals surface area contributed by atoms with E-state index in [0.717, 1.165) is 10.2 Å². The molecule has 0 amide bonds. The van der Waals surface area contributed by atoms with Gasteiger partial charge in [-0.1, -0.05) is 22.0 Å². The zero-order valence-corrected chi connectivity index (χ0v) is 9.31. The minimum Gasteiger partial charge on any atom is -0.383 e. The Kier molecular flexibility index (Phi) is 2.55. The third kappa shape index (κ3) is 2.07. The van der Waals surface area contributed by atoms with E-state index in [-0.39, 0.29) is 11.5 Å². The van der Waals surface area contributed by atoms with Crippen molar-refractivity contribution >= 4 is 21.7 Å². The van der Waals surface area contributed by atoms with Crippen molar-refractivity contribution in [2.45, 2.75) is 0 Å². The predicted octanol–water partition coefficient (Wildman–Crippen LogP) is 1.58. The molecular weight excluding hydrogens is 258 g/mol. The smallest absolute Gasteiger partial charge is 0.354 e. The maximum absolute atomic E-state index is 11.5. The third-order valence-electron chi connectivity index (χ3n) is 1.91. The summed E-state index contributed by atoms with van der Waals surface area (Å²) in [7, 11) is 0. The van der Waals surface area contributed by atoms with E-state index >= 15 is 0 Å². The second-order valence-corrected chi connectivity index (χ2v) is 3.90. The van der Waals surface area contributed by atoms with Gasteiger partial charge in [0.05, 0.1) is 5.69 Å². The van der Waals surface area contributed by atoms with Crippen molar-refractivity contribution in [2.75, 3.05) is 5.73 Å². The summed E-state index contributed by atoms with van der Waals surface area (Å²) in [6, 6.07) is 8.98. The fourth-order valence-corrected chi connectivity index (χ4v) is 1.63. The standard InChI is InChI=1S/C10H8BrN3O/c11-7-2-1-3-8(6-7)14-5-4-9(12)13-10(14)15/h1-6H,(H2,12,13,15). The van der Waals surface area contributed by atoms with Gasteiger partial charge in [0.25, 0.3) is 0 Å². The van der Waals surface area contributed by atoms with Crippen molar-refractivity contribution in [3.63, 3.8) is 0 Å². The quantitative estimate of drug-likeness (QED) is 0.852. The van der Waals surface area contributed by atoms with Crippen LogP contribution in [0.5, 0.6) is 0 Å². The average Bonchev–Trinajstić information content (AvgIpc) is 2.17. The monoisotopic (exact) mass is 265 g/mol. The van der Waals surface area contributed by atoms with Crippen LogP contribution in [0.4, 0.5) is 5.82 Å².